The van der Waals surface area contributed by atoms with Gasteiger partial charge in [0.2, 0.25) is 5.91 Å². The van der Waals surface area contributed by atoms with Crippen LogP contribution >= 0.6 is 0 Å². The molecule has 5 nitrogen and oxygen atoms in total. The number of benzene rings is 2. The van der Waals surface area contributed by atoms with E-state index in [1.807, 2.05) is 24.3 Å². The number of anilines is 2. The van der Waals surface area contributed by atoms with Crippen LogP contribution in [0.5, 0.6) is 5.75 Å². The minimum atomic E-state index is -0.424. The molecule has 3 rings (SSSR count). The number of hydrogen-bond acceptors (Lipinski definition) is 4. The maximum absolute atomic E-state index is 12.4. The number of nitrogens with one attached hydrogen (secondary N) is 2. The second-order valence-electron chi connectivity index (χ2n) is 7.04. The first-order valence-electron chi connectivity index (χ1n) is 9.46. The molecular weight excluding hydrogens is 340 g/mol. The molecule has 1 saturated carbocycles. The fourth-order valence-corrected chi connectivity index (χ4v) is 3.21. The monoisotopic (exact) mass is 366 g/mol. The number of hydrogen-bond donors (Lipinski definition) is 2. The van der Waals surface area contributed by atoms with E-state index < -0.39 is 6.04 Å². The van der Waals surface area contributed by atoms with Gasteiger partial charge in [0, 0.05) is 16.9 Å². The van der Waals surface area contributed by atoms with E-state index in [0.717, 1.165) is 24.3 Å². The fraction of sp³-hybridized carbons (Fsp3) is 0.364. The molecule has 2 N–H and O–H groups in total. The standard InChI is InChI=1S/C22H26N2O3/c1-15(22(26)24-19-7-5-6-17(14-19)16(2)25)23-18-10-12-21(13-11-18)27-20-8-3-4-9-20/h5-7,10-15,20,23H,3-4,8-9H2,1-2H3,(H,24,26). The van der Waals surface area contributed by atoms with Crippen LogP contribution in [0.1, 0.15) is 49.9 Å². The highest BCUT2D eigenvalue weighted by Gasteiger charge is 2.17. The summed E-state index contributed by atoms with van der Waals surface area (Å²) in [4.78, 5) is 23.9. The highest BCUT2D eigenvalue weighted by atomic mass is 16.5. The third-order valence-corrected chi connectivity index (χ3v) is 4.77. The Morgan fingerprint density at radius 2 is 1.74 bits per heavy atom. The van der Waals surface area contributed by atoms with Crippen LogP contribution in [0, 0.1) is 0 Å². The van der Waals surface area contributed by atoms with E-state index in [2.05, 4.69) is 10.6 Å². The summed E-state index contributed by atoms with van der Waals surface area (Å²) in [7, 11) is 0. The van der Waals surface area contributed by atoms with E-state index >= 15 is 0 Å². The molecule has 142 valence electrons. The molecule has 1 aliphatic carbocycles. The zero-order chi connectivity index (χ0) is 19.2. The lowest BCUT2D eigenvalue weighted by atomic mass is 10.1. The van der Waals surface area contributed by atoms with Crippen molar-refractivity contribution in [3.05, 3.63) is 54.1 Å². The molecule has 2 aromatic carbocycles. The van der Waals surface area contributed by atoms with Crippen LogP contribution in [0.3, 0.4) is 0 Å². The molecule has 1 fully saturated rings. The molecule has 0 radical (unpaired) electrons. The topological polar surface area (TPSA) is 67.4 Å². The Balaban J connectivity index is 1.54. The van der Waals surface area contributed by atoms with E-state index in [-0.39, 0.29) is 11.7 Å². The van der Waals surface area contributed by atoms with Gasteiger partial charge in [0.1, 0.15) is 11.8 Å². The molecule has 0 saturated heterocycles. The van der Waals surface area contributed by atoms with E-state index in [9.17, 15) is 9.59 Å². The van der Waals surface area contributed by atoms with Crippen molar-refractivity contribution in [3.63, 3.8) is 0 Å². The zero-order valence-electron chi connectivity index (χ0n) is 15.8. The Morgan fingerprint density at radius 1 is 1.04 bits per heavy atom. The summed E-state index contributed by atoms with van der Waals surface area (Å²) in [5, 5.41) is 6.02. The number of carbonyl (C=O) groups is 2. The van der Waals surface area contributed by atoms with Crippen LogP contribution in [0.15, 0.2) is 48.5 Å². The first-order valence-corrected chi connectivity index (χ1v) is 9.46. The fourth-order valence-electron chi connectivity index (χ4n) is 3.21. The highest BCUT2D eigenvalue weighted by Crippen LogP contribution is 2.25. The number of ketones is 1. The highest BCUT2D eigenvalue weighted by molar-refractivity contribution is 5.99. The maximum Gasteiger partial charge on any atom is 0.246 e. The average molecular weight is 366 g/mol. The Bertz CT molecular complexity index is 795. The van der Waals surface area contributed by atoms with E-state index in [1.165, 1.54) is 19.8 Å². The van der Waals surface area contributed by atoms with Crippen molar-refractivity contribution in [3.8, 4) is 5.75 Å². The van der Waals surface area contributed by atoms with Crippen LogP contribution in [-0.4, -0.2) is 23.8 Å². The van der Waals surface area contributed by atoms with Crippen LogP contribution in [0.2, 0.25) is 0 Å². The molecule has 1 amide bonds. The molecule has 0 heterocycles. The minimum Gasteiger partial charge on any atom is -0.490 e. The summed E-state index contributed by atoms with van der Waals surface area (Å²) in [6.07, 6.45) is 5.07. The van der Waals surface area contributed by atoms with Gasteiger partial charge in [-0.2, -0.15) is 0 Å². The van der Waals surface area contributed by atoms with Crippen molar-refractivity contribution in [2.75, 3.05) is 10.6 Å². The molecule has 27 heavy (non-hydrogen) atoms. The Labute approximate surface area is 160 Å². The molecule has 1 aliphatic rings. The van der Waals surface area contributed by atoms with E-state index in [0.29, 0.717) is 17.4 Å². The molecule has 1 unspecified atom stereocenters. The van der Waals surface area contributed by atoms with Crippen LogP contribution in [-0.2, 0) is 4.79 Å². The predicted molar refractivity (Wildman–Crippen MR) is 107 cm³/mol. The number of Topliss-reactive ketones (excluding diaryl/α,β-unsaturated/α-hetero) is 1. The lowest BCUT2D eigenvalue weighted by molar-refractivity contribution is -0.116. The summed E-state index contributed by atoms with van der Waals surface area (Å²) >= 11 is 0. The summed E-state index contributed by atoms with van der Waals surface area (Å²) < 4.78 is 5.96. The number of ether oxygens (including phenoxy) is 1. The van der Waals surface area contributed by atoms with Gasteiger partial charge in [-0.15, -0.1) is 0 Å². The van der Waals surface area contributed by atoms with Gasteiger partial charge >= 0.3 is 0 Å². The molecule has 1 atom stereocenters. The van der Waals surface area contributed by atoms with Crippen LogP contribution in [0.25, 0.3) is 0 Å². The molecule has 5 heteroatoms. The first-order chi connectivity index (χ1) is 13.0. The Kier molecular flexibility index (Phi) is 6.12. The molecule has 0 bridgehead atoms. The summed E-state index contributed by atoms with van der Waals surface area (Å²) in [5.41, 5.74) is 2.04. The van der Waals surface area contributed by atoms with Crippen LogP contribution in [0.4, 0.5) is 11.4 Å². The Morgan fingerprint density at radius 3 is 2.41 bits per heavy atom. The minimum absolute atomic E-state index is 0.0304. The van der Waals surface area contributed by atoms with Crippen LogP contribution < -0.4 is 15.4 Å². The van der Waals surface area contributed by atoms with Crippen molar-refractivity contribution in [2.24, 2.45) is 0 Å². The van der Waals surface area contributed by atoms with E-state index in [1.54, 1.807) is 31.2 Å². The zero-order valence-corrected chi connectivity index (χ0v) is 15.8. The van der Waals surface area contributed by atoms with Gasteiger partial charge in [-0.1, -0.05) is 12.1 Å². The third kappa shape index (κ3) is 5.33. The van der Waals surface area contributed by atoms with Crippen molar-refractivity contribution >= 4 is 23.1 Å². The van der Waals surface area contributed by atoms with Gasteiger partial charge in [0.05, 0.1) is 6.10 Å². The summed E-state index contributed by atoms with van der Waals surface area (Å²) in [6.45, 7) is 3.30. The van der Waals surface area contributed by atoms with Crippen molar-refractivity contribution in [1.82, 2.24) is 0 Å². The smallest absolute Gasteiger partial charge is 0.246 e. The second kappa shape index (κ2) is 8.71. The van der Waals surface area contributed by atoms with E-state index in [4.69, 9.17) is 4.74 Å². The SMILES string of the molecule is CC(=O)c1cccc(NC(=O)C(C)Nc2ccc(OC3CCCC3)cc2)c1. The van der Waals surface area contributed by atoms with Gasteiger partial charge in [0.25, 0.3) is 0 Å². The Hall–Kier alpha value is -2.82. The number of amides is 1. The van der Waals surface area contributed by atoms with Crippen molar-refractivity contribution in [1.29, 1.82) is 0 Å². The average Bonchev–Trinajstić information content (AvgIpc) is 3.16. The normalized spacial score (nSPS) is 15.2. The predicted octanol–water partition coefficient (Wildman–Crippen LogP) is 4.65. The lowest BCUT2D eigenvalue weighted by Crippen LogP contribution is -2.31. The lowest BCUT2D eigenvalue weighted by Gasteiger charge is -2.17. The van der Waals surface area contributed by atoms with Gasteiger partial charge < -0.3 is 15.4 Å². The second-order valence-corrected chi connectivity index (χ2v) is 7.04. The quantitative estimate of drug-likeness (QED) is 0.700. The van der Waals surface area contributed by atoms with Gasteiger partial charge in [0.15, 0.2) is 5.78 Å². The first kappa shape index (κ1) is 19.0. The molecule has 0 aliphatic heterocycles. The molecule has 2 aromatic rings. The van der Waals surface area contributed by atoms with Crippen molar-refractivity contribution in [2.45, 2.75) is 51.7 Å². The summed E-state index contributed by atoms with van der Waals surface area (Å²) in [5.74, 6) is 0.671. The third-order valence-electron chi connectivity index (χ3n) is 4.77. The molecule has 0 spiro atoms. The summed E-state index contributed by atoms with van der Waals surface area (Å²) in [6, 6.07) is 14.2. The molecule has 0 aromatic heterocycles. The maximum atomic E-state index is 12.4. The van der Waals surface area contributed by atoms with Gasteiger partial charge in [-0.3, -0.25) is 9.59 Å². The largest absolute Gasteiger partial charge is 0.490 e. The van der Waals surface area contributed by atoms with Gasteiger partial charge in [-0.05, 0) is 75.9 Å². The number of carbonyl (C=O) groups excluding carboxylic acids is 2. The number of rotatable bonds is 7. The van der Waals surface area contributed by atoms with Crippen molar-refractivity contribution < 1.29 is 14.3 Å². The van der Waals surface area contributed by atoms with Gasteiger partial charge in [-0.25, -0.2) is 0 Å². The molecular formula is C22H26N2O3.